The van der Waals surface area contributed by atoms with E-state index < -0.39 is 29.7 Å². The van der Waals surface area contributed by atoms with Crippen LogP contribution < -0.4 is 31.8 Å². The Kier molecular flexibility index (Phi) is 9.40. The second-order valence-corrected chi connectivity index (χ2v) is 11.8. The topological polar surface area (TPSA) is 168 Å². The van der Waals surface area contributed by atoms with E-state index in [1.165, 1.54) is 6.07 Å². The fraction of sp³-hybridized carbons (Fsp3) is 0.412. The summed E-state index contributed by atoms with van der Waals surface area (Å²) >= 11 is 0. The van der Waals surface area contributed by atoms with Crippen LogP contribution in [0.25, 0.3) is 11.0 Å². The van der Waals surface area contributed by atoms with Crippen molar-refractivity contribution >= 4 is 16.9 Å². The summed E-state index contributed by atoms with van der Waals surface area (Å²) in [4.78, 5) is 26.3. The molecule has 240 valence electrons. The van der Waals surface area contributed by atoms with E-state index in [-0.39, 0.29) is 41.5 Å². The Labute approximate surface area is 262 Å². The molecule has 5 rings (SSSR count). The van der Waals surface area contributed by atoms with Crippen molar-refractivity contribution < 1.29 is 28.9 Å². The zero-order valence-corrected chi connectivity index (χ0v) is 26.2. The summed E-state index contributed by atoms with van der Waals surface area (Å²) in [6, 6.07) is 1.17. The van der Waals surface area contributed by atoms with E-state index in [4.69, 9.17) is 19.6 Å². The van der Waals surface area contributed by atoms with Gasteiger partial charge in [-0.2, -0.15) is 0 Å². The number of hydrogen-bond acceptors (Lipinski definition) is 11. The van der Waals surface area contributed by atoms with Crippen molar-refractivity contribution in [1.29, 1.82) is 0 Å². The van der Waals surface area contributed by atoms with Gasteiger partial charge in [-0.05, 0) is 63.5 Å². The van der Waals surface area contributed by atoms with Crippen molar-refractivity contribution in [3.8, 4) is 11.5 Å². The largest absolute Gasteiger partial charge is 0.507 e. The quantitative estimate of drug-likeness (QED) is 0.171. The van der Waals surface area contributed by atoms with Crippen LogP contribution in [-0.2, 0) is 29.0 Å². The Balaban J connectivity index is 1.61. The number of rotatable bonds is 10. The molecule has 0 saturated heterocycles. The lowest BCUT2D eigenvalue weighted by Gasteiger charge is -2.43. The van der Waals surface area contributed by atoms with Crippen molar-refractivity contribution in [3.05, 3.63) is 92.3 Å². The predicted molar refractivity (Wildman–Crippen MR) is 171 cm³/mol. The van der Waals surface area contributed by atoms with E-state index in [0.717, 1.165) is 17.7 Å². The van der Waals surface area contributed by atoms with Crippen LogP contribution in [-0.4, -0.2) is 47.1 Å². The van der Waals surface area contributed by atoms with E-state index in [9.17, 15) is 19.8 Å². The van der Waals surface area contributed by atoms with Crippen LogP contribution in [0.15, 0.2) is 74.4 Å². The third-order valence-electron chi connectivity index (χ3n) is 8.59. The molecule has 0 fully saturated rings. The van der Waals surface area contributed by atoms with Gasteiger partial charge in [-0.3, -0.25) is 10.1 Å². The average Bonchev–Trinajstić information content (AvgIpc) is 3.02. The van der Waals surface area contributed by atoms with Crippen LogP contribution in [0.1, 0.15) is 57.4 Å². The molecule has 1 aromatic heterocycles. The van der Waals surface area contributed by atoms with Crippen molar-refractivity contribution in [3.63, 3.8) is 0 Å². The van der Waals surface area contributed by atoms with Gasteiger partial charge in [0.2, 0.25) is 0 Å². The first-order valence-electron chi connectivity index (χ1n) is 15.3. The number of carbonyl (C=O) groups is 1. The highest BCUT2D eigenvalue weighted by molar-refractivity contribution is 5.91. The van der Waals surface area contributed by atoms with Gasteiger partial charge in [0.15, 0.2) is 5.43 Å². The molecule has 45 heavy (non-hydrogen) atoms. The highest BCUT2D eigenvalue weighted by atomic mass is 16.6. The minimum absolute atomic E-state index is 0.0202. The fourth-order valence-corrected chi connectivity index (χ4v) is 5.84. The molecule has 3 atom stereocenters. The van der Waals surface area contributed by atoms with Gasteiger partial charge in [-0.25, -0.2) is 4.79 Å². The monoisotopic (exact) mass is 618 g/mol. The second kappa shape index (κ2) is 13.3. The van der Waals surface area contributed by atoms with E-state index in [2.05, 4.69) is 28.1 Å². The van der Waals surface area contributed by atoms with Crippen LogP contribution >= 0.6 is 0 Å². The van der Waals surface area contributed by atoms with E-state index >= 15 is 0 Å². The number of phenols is 1. The van der Waals surface area contributed by atoms with Gasteiger partial charge in [0.05, 0.1) is 12.0 Å². The lowest BCUT2D eigenvalue weighted by Crippen LogP contribution is -2.51. The number of aliphatic hydroxyl groups is 1. The number of esters is 1. The highest BCUT2D eigenvalue weighted by Crippen LogP contribution is 2.48. The van der Waals surface area contributed by atoms with E-state index in [1.54, 1.807) is 26.0 Å². The van der Waals surface area contributed by atoms with Crippen LogP contribution in [0.2, 0.25) is 0 Å². The Morgan fingerprint density at radius 2 is 2.13 bits per heavy atom. The molecule has 3 unspecified atom stereocenters. The third kappa shape index (κ3) is 6.64. The number of fused-ring (bicyclic) bond motifs is 2. The third-order valence-corrected chi connectivity index (χ3v) is 8.59. The molecular weight excluding hydrogens is 576 g/mol. The number of phenolic OH excluding ortho intramolecular Hbond substituents is 1. The molecule has 11 heteroatoms. The zero-order chi connectivity index (χ0) is 32.3. The van der Waals surface area contributed by atoms with Gasteiger partial charge in [-0.15, -0.1) is 0 Å². The van der Waals surface area contributed by atoms with Crippen molar-refractivity contribution in [1.82, 2.24) is 16.0 Å². The van der Waals surface area contributed by atoms with Crippen LogP contribution in [0, 0.1) is 0 Å². The molecule has 0 amide bonds. The molecule has 0 aliphatic carbocycles. The number of aromatic hydroxyl groups is 1. The first-order valence-corrected chi connectivity index (χ1v) is 15.3. The number of ether oxygens (including phenoxy) is 2. The maximum atomic E-state index is 13.3. The molecule has 11 nitrogen and oxygen atoms in total. The number of nitrogens with two attached hydrogens (primary N) is 1. The zero-order valence-electron chi connectivity index (χ0n) is 26.2. The average molecular weight is 619 g/mol. The summed E-state index contributed by atoms with van der Waals surface area (Å²) in [5.74, 6) is 0.145. The van der Waals surface area contributed by atoms with Crippen LogP contribution in [0.4, 0.5) is 0 Å². The maximum Gasteiger partial charge on any atom is 0.333 e. The second-order valence-electron chi connectivity index (χ2n) is 11.8. The van der Waals surface area contributed by atoms with Crippen molar-refractivity contribution in [2.75, 3.05) is 13.1 Å². The first kappa shape index (κ1) is 31.9. The number of carbonyl (C=O) groups excluding carboxylic acids is 1. The summed E-state index contributed by atoms with van der Waals surface area (Å²) in [5.41, 5.74) is 7.92. The van der Waals surface area contributed by atoms with Gasteiger partial charge >= 0.3 is 5.97 Å². The summed E-state index contributed by atoms with van der Waals surface area (Å²) < 4.78 is 18.9. The summed E-state index contributed by atoms with van der Waals surface area (Å²) in [6.07, 6.45) is 12.3. The molecule has 3 aliphatic rings. The number of aliphatic hydroxyl groups excluding tert-OH is 1. The van der Waals surface area contributed by atoms with Crippen LogP contribution in [0.5, 0.6) is 11.5 Å². The first-order chi connectivity index (χ1) is 21.6. The van der Waals surface area contributed by atoms with Gasteiger partial charge in [-0.1, -0.05) is 25.2 Å². The lowest BCUT2D eigenvalue weighted by molar-refractivity contribution is -0.158. The van der Waals surface area contributed by atoms with Gasteiger partial charge < -0.3 is 40.5 Å². The normalized spacial score (nSPS) is 22.8. The standard InChI is InChI=1S/C34H42N4O7/c1-5-19(3)33(42)44-26-16-23-30(41)29-25(40)15-22(18-39)43-32(29)24(13-21-10-12-37-27(35)14-21)31(23)45-34(26,4)11-9-20-7-8-28(36-6-2)38-17-20/h5,7-8,10,14-15,17,26,28,36-39,41H,6,9,11-13,16,18,35H2,1-4H3. The Morgan fingerprint density at radius 1 is 1.33 bits per heavy atom. The number of benzene rings is 1. The predicted octanol–water partition coefficient (Wildman–Crippen LogP) is 3.19. The smallest absolute Gasteiger partial charge is 0.333 e. The number of nitrogens with one attached hydrogen (secondary N) is 3. The van der Waals surface area contributed by atoms with Gasteiger partial charge in [0, 0.05) is 48.4 Å². The molecule has 0 spiro atoms. The summed E-state index contributed by atoms with van der Waals surface area (Å²) in [5, 5.41) is 31.1. The molecular formula is C34H42N4O7. The molecule has 7 N–H and O–H groups in total. The number of dihydropyridines is 2. The van der Waals surface area contributed by atoms with Crippen molar-refractivity contribution in [2.24, 2.45) is 5.73 Å². The van der Waals surface area contributed by atoms with Gasteiger partial charge in [0.1, 0.15) is 46.5 Å². The number of hydrogen-bond donors (Lipinski definition) is 6. The summed E-state index contributed by atoms with van der Waals surface area (Å²) in [7, 11) is 0. The van der Waals surface area contributed by atoms with Gasteiger partial charge in [0.25, 0.3) is 0 Å². The number of allylic oxidation sites excluding steroid dienone is 5. The maximum absolute atomic E-state index is 13.3. The Morgan fingerprint density at radius 3 is 2.80 bits per heavy atom. The van der Waals surface area contributed by atoms with Crippen molar-refractivity contribution in [2.45, 2.75) is 77.9 Å². The molecule has 0 bridgehead atoms. The molecule has 3 aliphatic heterocycles. The van der Waals surface area contributed by atoms with Crippen LogP contribution in [0.3, 0.4) is 0 Å². The molecule has 0 radical (unpaired) electrons. The molecule has 0 saturated carbocycles. The minimum atomic E-state index is -1.02. The molecule has 2 aromatic rings. The minimum Gasteiger partial charge on any atom is -0.507 e. The number of likely N-dealkylation sites (N-methyl/N-ethyl adjacent to an activating group) is 1. The Bertz CT molecular complexity index is 1700. The Hall–Kier alpha value is -4.48. The molecule has 1 aromatic carbocycles. The molecule has 4 heterocycles. The highest BCUT2D eigenvalue weighted by Gasteiger charge is 2.46. The van der Waals surface area contributed by atoms with E-state index in [1.807, 2.05) is 26.1 Å². The van der Waals surface area contributed by atoms with E-state index in [0.29, 0.717) is 47.7 Å². The lowest BCUT2D eigenvalue weighted by atomic mass is 9.82. The fourth-order valence-electron chi connectivity index (χ4n) is 5.84. The summed E-state index contributed by atoms with van der Waals surface area (Å²) in [6.45, 7) is 8.24. The SMILES string of the molecule is CC=C(C)C(=O)OC1Cc2c(c(CC3=CCNC(N)=C3)c3oc(CO)cc(=O)c3c2O)OC1(C)CCC1=CNC(NCC)C=C1.